The van der Waals surface area contributed by atoms with Crippen molar-refractivity contribution in [1.29, 1.82) is 5.41 Å². The number of nitrogens with two attached hydrogens (primary N) is 2. The van der Waals surface area contributed by atoms with E-state index in [1.165, 1.54) is 16.7 Å². The van der Waals surface area contributed by atoms with Crippen LogP contribution in [0, 0.1) is 5.41 Å². The molecule has 0 aromatic rings. The van der Waals surface area contributed by atoms with Gasteiger partial charge in [0, 0.05) is 26.2 Å². The number of amides is 5. The van der Waals surface area contributed by atoms with Crippen LogP contribution in [-0.2, 0) is 33.5 Å². The van der Waals surface area contributed by atoms with Gasteiger partial charge in [-0.25, -0.2) is 4.79 Å². The van der Waals surface area contributed by atoms with Crippen molar-refractivity contribution in [3.05, 3.63) is 0 Å². The average Bonchev–Trinajstić information content (AvgIpc) is 3.73. The van der Waals surface area contributed by atoms with Gasteiger partial charge in [-0.05, 0) is 78.2 Å². The van der Waals surface area contributed by atoms with Crippen LogP contribution in [0.3, 0.4) is 0 Å². The summed E-state index contributed by atoms with van der Waals surface area (Å²) in [5, 5.41) is 37.3. The summed E-state index contributed by atoms with van der Waals surface area (Å²) in [4.78, 5) is 81.1. The van der Waals surface area contributed by atoms with E-state index in [-0.39, 0.29) is 51.6 Å². The standard InChI is InChI=1S/C30H53N9O9/c1-3-48-17-23(41)37-24(18(2)40)26(43)35-19(9-4-5-13-31)27(44)39-16-8-12-22(39)28(45)38-15-7-11-21(38)25(42)36-20(29(46)47)10-6-14-34-30(32)33/h18-22,24,40H,3-17,31H2,1-2H3,(H,35,43)(H,36,42)(H,37,41)(H,46,47)(H4,32,33,34)/t18-,19+,20+,21+,22+,24+/m1/s1. The zero-order chi connectivity index (χ0) is 35.8. The van der Waals surface area contributed by atoms with E-state index in [1.54, 1.807) is 6.92 Å². The highest BCUT2D eigenvalue weighted by Gasteiger charge is 2.44. The second-order valence-electron chi connectivity index (χ2n) is 12.0. The third-order valence-corrected chi connectivity index (χ3v) is 8.34. The van der Waals surface area contributed by atoms with Crippen molar-refractivity contribution in [2.45, 2.75) is 108 Å². The molecule has 2 rings (SSSR count). The summed E-state index contributed by atoms with van der Waals surface area (Å²) in [6, 6.07) is -5.46. The largest absolute Gasteiger partial charge is 0.480 e. The molecule has 0 aromatic heterocycles. The van der Waals surface area contributed by atoms with Crippen LogP contribution in [-0.4, -0.2) is 137 Å². The average molecular weight is 684 g/mol. The molecule has 18 nitrogen and oxygen atoms in total. The van der Waals surface area contributed by atoms with Crippen LogP contribution < -0.4 is 32.7 Å². The maximum absolute atomic E-state index is 13.9. The van der Waals surface area contributed by atoms with Gasteiger partial charge in [0.1, 0.15) is 36.8 Å². The van der Waals surface area contributed by atoms with E-state index in [1.807, 2.05) is 0 Å². The molecule has 11 N–H and O–H groups in total. The van der Waals surface area contributed by atoms with Crippen molar-refractivity contribution >= 4 is 41.5 Å². The molecule has 0 radical (unpaired) electrons. The number of guanidine groups is 1. The topological polar surface area (TPSA) is 283 Å². The number of ether oxygens (including phenoxy) is 1. The van der Waals surface area contributed by atoms with Crippen LogP contribution in [0.15, 0.2) is 0 Å². The first-order valence-electron chi connectivity index (χ1n) is 16.6. The van der Waals surface area contributed by atoms with Crippen LogP contribution in [0.5, 0.6) is 0 Å². The van der Waals surface area contributed by atoms with Crippen LogP contribution >= 0.6 is 0 Å². The van der Waals surface area contributed by atoms with E-state index in [0.717, 1.165) is 0 Å². The number of likely N-dealkylation sites (tertiary alicyclic amines) is 2. The number of rotatable bonds is 20. The molecule has 2 aliphatic heterocycles. The normalized spacial score (nSPS) is 19.9. The van der Waals surface area contributed by atoms with E-state index in [4.69, 9.17) is 21.6 Å². The number of aliphatic hydroxyl groups is 1. The van der Waals surface area contributed by atoms with Gasteiger partial charge in [0.15, 0.2) is 5.96 Å². The van der Waals surface area contributed by atoms with E-state index < -0.39 is 71.8 Å². The molecule has 0 aliphatic carbocycles. The Balaban J connectivity index is 2.16. The Morgan fingerprint density at radius 3 is 2.19 bits per heavy atom. The van der Waals surface area contributed by atoms with E-state index in [0.29, 0.717) is 51.5 Å². The summed E-state index contributed by atoms with van der Waals surface area (Å²) in [6.07, 6.45) is 2.06. The molecule has 0 spiro atoms. The third kappa shape index (κ3) is 12.2. The quantitative estimate of drug-likeness (QED) is 0.0361. The summed E-state index contributed by atoms with van der Waals surface area (Å²) in [6.45, 7) is 4.11. The zero-order valence-electron chi connectivity index (χ0n) is 27.9. The molecule has 0 aromatic carbocycles. The van der Waals surface area contributed by atoms with Crippen LogP contribution in [0.1, 0.15) is 71.6 Å². The van der Waals surface area contributed by atoms with Crippen molar-refractivity contribution in [2.75, 3.05) is 39.4 Å². The summed E-state index contributed by atoms with van der Waals surface area (Å²) < 4.78 is 5.07. The van der Waals surface area contributed by atoms with Crippen molar-refractivity contribution in [3.8, 4) is 0 Å². The second-order valence-corrected chi connectivity index (χ2v) is 12.0. The maximum Gasteiger partial charge on any atom is 0.326 e. The number of carboxylic acids is 1. The van der Waals surface area contributed by atoms with Gasteiger partial charge in [0.2, 0.25) is 29.5 Å². The van der Waals surface area contributed by atoms with Gasteiger partial charge < -0.3 is 57.5 Å². The summed E-state index contributed by atoms with van der Waals surface area (Å²) >= 11 is 0. The minimum absolute atomic E-state index is 0.0797. The lowest BCUT2D eigenvalue weighted by atomic mass is 10.0. The first-order chi connectivity index (χ1) is 22.8. The number of aliphatic carboxylic acids is 1. The Kier molecular flexibility index (Phi) is 17.0. The number of hydrogen-bond acceptors (Lipinski definition) is 10. The second kappa shape index (κ2) is 20.4. The number of nitrogens with one attached hydrogen (secondary N) is 5. The summed E-state index contributed by atoms with van der Waals surface area (Å²) in [7, 11) is 0. The predicted molar refractivity (Wildman–Crippen MR) is 173 cm³/mol. The summed E-state index contributed by atoms with van der Waals surface area (Å²) in [5.74, 6) is -4.42. The molecule has 18 heteroatoms. The highest BCUT2D eigenvalue weighted by Crippen LogP contribution is 2.26. The Hall–Kier alpha value is -4.03. The van der Waals surface area contributed by atoms with Crippen LogP contribution in [0.25, 0.3) is 0 Å². The van der Waals surface area contributed by atoms with Gasteiger partial charge in [-0.3, -0.25) is 29.4 Å². The highest BCUT2D eigenvalue weighted by atomic mass is 16.5. The molecule has 2 heterocycles. The van der Waals surface area contributed by atoms with Crippen LogP contribution in [0.4, 0.5) is 0 Å². The first-order valence-corrected chi connectivity index (χ1v) is 16.6. The molecule has 0 bridgehead atoms. The fourth-order valence-electron chi connectivity index (χ4n) is 5.86. The lowest BCUT2D eigenvalue weighted by molar-refractivity contribution is -0.149. The van der Waals surface area contributed by atoms with Crippen molar-refractivity contribution in [1.82, 2.24) is 31.1 Å². The predicted octanol–water partition coefficient (Wildman–Crippen LogP) is -2.68. The highest BCUT2D eigenvalue weighted by molar-refractivity contribution is 5.96. The van der Waals surface area contributed by atoms with Gasteiger partial charge in [-0.15, -0.1) is 0 Å². The number of carbonyl (C=O) groups excluding carboxylic acids is 5. The monoisotopic (exact) mass is 683 g/mol. The Morgan fingerprint density at radius 2 is 1.58 bits per heavy atom. The molecule has 6 atom stereocenters. The van der Waals surface area contributed by atoms with Gasteiger partial charge >= 0.3 is 5.97 Å². The first kappa shape index (κ1) is 40.1. The molecule has 0 saturated carbocycles. The number of nitrogens with zero attached hydrogens (tertiary/aromatic N) is 2. The van der Waals surface area contributed by atoms with Gasteiger partial charge in [-0.2, -0.15) is 0 Å². The van der Waals surface area contributed by atoms with Crippen molar-refractivity contribution in [2.24, 2.45) is 11.5 Å². The third-order valence-electron chi connectivity index (χ3n) is 8.34. The van der Waals surface area contributed by atoms with E-state index >= 15 is 0 Å². The molecule has 0 unspecified atom stereocenters. The van der Waals surface area contributed by atoms with Gasteiger partial charge in [-0.1, -0.05) is 0 Å². The summed E-state index contributed by atoms with van der Waals surface area (Å²) in [5.41, 5.74) is 10.9. The molecular weight excluding hydrogens is 630 g/mol. The zero-order valence-corrected chi connectivity index (χ0v) is 27.9. The van der Waals surface area contributed by atoms with Gasteiger partial charge in [0.25, 0.3) is 0 Å². The van der Waals surface area contributed by atoms with Crippen molar-refractivity contribution in [3.63, 3.8) is 0 Å². The number of carboxylic acid groups (broad SMARTS) is 1. The maximum atomic E-state index is 13.9. The Bertz CT molecular complexity index is 1140. The number of hydrogen-bond donors (Lipinski definition) is 9. The van der Waals surface area contributed by atoms with E-state index in [9.17, 15) is 39.0 Å². The molecular formula is C30H53N9O9. The number of aliphatic hydroxyl groups excluding tert-OH is 1. The lowest BCUT2D eigenvalue weighted by Crippen LogP contribution is -2.59. The number of unbranched alkanes of at least 4 members (excludes halogenated alkanes) is 1. The minimum atomic E-state index is -1.36. The van der Waals surface area contributed by atoms with Crippen molar-refractivity contribution < 1.29 is 43.7 Å². The molecule has 2 aliphatic rings. The molecule has 272 valence electrons. The smallest absolute Gasteiger partial charge is 0.326 e. The fourth-order valence-corrected chi connectivity index (χ4v) is 5.86. The molecule has 5 amide bonds. The molecule has 2 saturated heterocycles. The Labute approximate surface area is 280 Å². The molecule has 48 heavy (non-hydrogen) atoms. The van der Waals surface area contributed by atoms with Gasteiger partial charge in [0.05, 0.1) is 6.10 Å². The Morgan fingerprint density at radius 1 is 0.938 bits per heavy atom. The number of carbonyl (C=O) groups is 6. The fraction of sp³-hybridized carbons (Fsp3) is 0.767. The van der Waals surface area contributed by atoms with Crippen LogP contribution in [0.2, 0.25) is 0 Å². The lowest BCUT2D eigenvalue weighted by Gasteiger charge is -2.33. The SMILES string of the molecule is CCOCC(=O)N[C@H](C(=O)N[C@@H](CCCCN)C(=O)N1CCC[C@H]1C(=O)N1CCC[C@H]1C(=O)N[C@@H](CCCNC(=N)N)C(=O)O)[C@@H](C)O. The molecule has 2 fully saturated rings. The minimum Gasteiger partial charge on any atom is -0.480 e. The van der Waals surface area contributed by atoms with E-state index in [2.05, 4.69) is 21.3 Å².